The maximum atomic E-state index is 4.88. The second-order valence-electron chi connectivity index (χ2n) is 6.71. The lowest BCUT2D eigenvalue weighted by atomic mass is 10.1. The summed E-state index contributed by atoms with van der Waals surface area (Å²) in [6, 6.07) is 23.1. The van der Waals surface area contributed by atoms with Crippen LogP contribution in [0.3, 0.4) is 0 Å². The predicted molar refractivity (Wildman–Crippen MR) is 108 cm³/mol. The first-order valence-electron chi connectivity index (χ1n) is 9.05. The van der Waals surface area contributed by atoms with Crippen LogP contribution in [0.25, 0.3) is 5.65 Å². The van der Waals surface area contributed by atoms with Crippen LogP contribution < -0.4 is 5.32 Å². The quantitative estimate of drug-likeness (QED) is 0.521. The van der Waals surface area contributed by atoms with Gasteiger partial charge in [0.2, 0.25) is 0 Å². The molecule has 0 aliphatic rings. The van der Waals surface area contributed by atoms with Gasteiger partial charge in [0, 0.05) is 11.9 Å². The van der Waals surface area contributed by atoms with E-state index in [9.17, 15) is 0 Å². The summed E-state index contributed by atoms with van der Waals surface area (Å²) in [6.07, 6.45) is 3.95. The first-order chi connectivity index (χ1) is 12.7. The molecule has 130 valence electrons. The van der Waals surface area contributed by atoms with Crippen molar-refractivity contribution in [3.63, 3.8) is 0 Å². The molecule has 0 unspecified atom stereocenters. The fourth-order valence-electron chi connectivity index (χ4n) is 3.39. The number of nitrogens with zero attached hydrogens (tertiary/aromatic N) is 2. The molecule has 0 spiro atoms. The molecule has 1 N–H and O–H groups in total. The van der Waals surface area contributed by atoms with Crippen LogP contribution in [0.15, 0.2) is 72.9 Å². The molecule has 3 nitrogen and oxygen atoms in total. The Hall–Kier alpha value is -3.07. The molecule has 4 aromatic rings. The highest BCUT2D eigenvalue weighted by atomic mass is 15.1. The molecule has 2 aromatic heterocycles. The second kappa shape index (κ2) is 7.04. The highest BCUT2D eigenvalue weighted by Gasteiger charge is 2.14. The van der Waals surface area contributed by atoms with Crippen LogP contribution in [0, 0.1) is 13.8 Å². The van der Waals surface area contributed by atoms with Gasteiger partial charge in [0.1, 0.15) is 11.5 Å². The molecule has 0 bridgehead atoms. The van der Waals surface area contributed by atoms with E-state index in [1.165, 1.54) is 22.4 Å². The van der Waals surface area contributed by atoms with E-state index in [2.05, 4.69) is 84.4 Å². The van der Waals surface area contributed by atoms with Gasteiger partial charge in [-0.3, -0.25) is 4.40 Å². The van der Waals surface area contributed by atoms with Gasteiger partial charge in [-0.1, -0.05) is 54.6 Å². The topological polar surface area (TPSA) is 29.3 Å². The third kappa shape index (κ3) is 3.21. The van der Waals surface area contributed by atoms with Crippen molar-refractivity contribution < 1.29 is 0 Å². The van der Waals surface area contributed by atoms with Crippen LogP contribution in [-0.2, 0) is 12.8 Å². The van der Waals surface area contributed by atoms with Crippen molar-refractivity contribution in [2.24, 2.45) is 0 Å². The maximum absolute atomic E-state index is 4.88. The van der Waals surface area contributed by atoms with Gasteiger partial charge in [0.15, 0.2) is 0 Å². The van der Waals surface area contributed by atoms with Crippen molar-refractivity contribution >= 4 is 17.2 Å². The largest absolute Gasteiger partial charge is 0.339 e. The molecule has 2 heterocycles. The molecule has 2 aromatic carbocycles. The molecule has 0 saturated carbocycles. The lowest BCUT2D eigenvalue weighted by molar-refractivity contribution is 0.929. The number of fused-ring (bicyclic) bond motifs is 1. The summed E-state index contributed by atoms with van der Waals surface area (Å²) in [5.74, 6) is 1.06. The van der Waals surface area contributed by atoms with Gasteiger partial charge >= 0.3 is 0 Å². The molecule has 0 aliphatic carbocycles. The Kier molecular flexibility index (Phi) is 4.44. The Balaban J connectivity index is 1.72. The van der Waals surface area contributed by atoms with E-state index in [-0.39, 0.29) is 0 Å². The zero-order valence-electron chi connectivity index (χ0n) is 15.2. The summed E-state index contributed by atoms with van der Waals surface area (Å²) in [7, 11) is 0. The Labute approximate surface area is 154 Å². The van der Waals surface area contributed by atoms with Crippen LogP contribution in [0.4, 0.5) is 11.5 Å². The average Bonchev–Trinajstić information content (AvgIpc) is 3.01. The summed E-state index contributed by atoms with van der Waals surface area (Å²) in [6.45, 7) is 4.28. The molecule has 0 amide bonds. The minimum atomic E-state index is 0.902. The summed E-state index contributed by atoms with van der Waals surface area (Å²) in [5.41, 5.74) is 7.06. The van der Waals surface area contributed by atoms with Crippen LogP contribution in [-0.4, -0.2) is 9.38 Å². The van der Waals surface area contributed by atoms with E-state index in [1.807, 2.05) is 12.1 Å². The highest BCUT2D eigenvalue weighted by molar-refractivity contribution is 5.68. The monoisotopic (exact) mass is 341 g/mol. The van der Waals surface area contributed by atoms with Crippen LogP contribution in [0.1, 0.15) is 22.4 Å². The van der Waals surface area contributed by atoms with Crippen molar-refractivity contribution in [2.45, 2.75) is 26.7 Å². The number of hydrogen-bond donors (Lipinski definition) is 1. The Morgan fingerprint density at radius 2 is 1.54 bits per heavy atom. The molecule has 0 atom stereocenters. The average molecular weight is 341 g/mol. The summed E-state index contributed by atoms with van der Waals surface area (Å²) < 4.78 is 2.15. The van der Waals surface area contributed by atoms with Crippen molar-refractivity contribution in [1.82, 2.24) is 9.38 Å². The lowest BCUT2D eigenvalue weighted by Crippen LogP contribution is -2.02. The van der Waals surface area contributed by atoms with Gasteiger partial charge < -0.3 is 5.32 Å². The molecule has 0 aliphatic heterocycles. The lowest BCUT2D eigenvalue weighted by Gasteiger charge is -2.14. The van der Waals surface area contributed by atoms with E-state index in [4.69, 9.17) is 4.98 Å². The fraction of sp³-hybridized carbons (Fsp3) is 0.174. The zero-order chi connectivity index (χ0) is 17.9. The summed E-state index contributed by atoms with van der Waals surface area (Å²) in [4.78, 5) is 4.88. The van der Waals surface area contributed by atoms with Crippen LogP contribution in [0.2, 0.25) is 0 Å². The number of hydrogen-bond acceptors (Lipinski definition) is 2. The smallest absolute Gasteiger partial charge is 0.138 e. The van der Waals surface area contributed by atoms with Gasteiger partial charge in [-0.2, -0.15) is 0 Å². The standard InChI is InChI=1S/C23H23N3/c1-17-9-8-10-18(2)22(17)25-23-20(15-14-19-11-4-3-5-12-19)24-21-13-6-7-16-26(21)23/h3-13,16,25H,14-15H2,1-2H3. The van der Waals surface area contributed by atoms with E-state index >= 15 is 0 Å². The van der Waals surface area contributed by atoms with E-state index in [0.29, 0.717) is 0 Å². The maximum Gasteiger partial charge on any atom is 0.138 e. The third-order valence-electron chi connectivity index (χ3n) is 4.82. The number of anilines is 2. The zero-order valence-corrected chi connectivity index (χ0v) is 15.2. The molecular weight excluding hydrogens is 318 g/mol. The van der Waals surface area contributed by atoms with E-state index < -0.39 is 0 Å². The number of imidazole rings is 1. The predicted octanol–water partition coefficient (Wildman–Crippen LogP) is 5.48. The molecule has 0 fully saturated rings. The third-order valence-corrected chi connectivity index (χ3v) is 4.82. The summed E-state index contributed by atoms with van der Waals surface area (Å²) in [5, 5.41) is 3.67. The number of benzene rings is 2. The summed E-state index contributed by atoms with van der Waals surface area (Å²) >= 11 is 0. The highest BCUT2D eigenvalue weighted by Crippen LogP contribution is 2.28. The first kappa shape index (κ1) is 16.4. The number of para-hydroxylation sites is 1. The molecule has 4 rings (SSSR count). The van der Waals surface area contributed by atoms with Gasteiger partial charge in [-0.05, 0) is 55.5 Å². The molecular formula is C23H23N3. The van der Waals surface area contributed by atoms with Crippen molar-refractivity contribution in [3.8, 4) is 0 Å². The Morgan fingerprint density at radius 3 is 2.31 bits per heavy atom. The number of pyridine rings is 1. The Bertz CT molecular complexity index is 1010. The van der Waals surface area contributed by atoms with E-state index in [1.54, 1.807) is 0 Å². The molecule has 0 saturated heterocycles. The fourth-order valence-corrected chi connectivity index (χ4v) is 3.39. The van der Waals surface area contributed by atoms with Crippen molar-refractivity contribution in [3.05, 3.63) is 95.3 Å². The Morgan fingerprint density at radius 1 is 0.808 bits per heavy atom. The van der Waals surface area contributed by atoms with Crippen molar-refractivity contribution in [1.29, 1.82) is 0 Å². The number of aromatic nitrogens is 2. The van der Waals surface area contributed by atoms with Gasteiger partial charge in [0.25, 0.3) is 0 Å². The second-order valence-corrected chi connectivity index (χ2v) is 6.71. The molecule has 26 heavy (non-hydrogen) atoms. The number of nitrogens with one attached hydrogen (secondary N) is 1. The van der Waals surface area contributed by atoms with Gasteiger partial charge in [-0.15, -0.1) is 0 Å². The van der Waals surface area contributed by atoms with Crippen molar-refractivity contribution in [2.75, 3.05) is 5.32 Å². The van der Waals surface area contributed by atoms with Gasteiger partial charge in [0.05, 0.1) is 5.69 Å². The molecule has 0 radical (unpaired) electrons. The first-order valence-corrected chi connectivity index (χ1v) is 9.05. The minimum absolute atomic E-state index is 0.902. The minimum Gasteiger partial charge on any atom is -0.339 e. The SMILES string of the molecule is Cc1cccc(C)c1Nc1c(CCc2ccccc2)nc2ccccn12. The van der Waals surface area contributed by atoms with Gasteiger partial charge in [-0.25, -0.2) is 4.98 Å². The normalized spacial score (nSPS) is 11.0. The van der Waals surface area contributed by atoms with Crippen LogP contribution in [0.5, 0.6) is 0 Å². The number of aryl methyl sites for hydroxylation is 4. The molecule has 3 heteroatoms. The van der Waals surface area contributed by atoms with E-state index in [0.717, 1.165) is 30.0 Å². The number of rotatable bonds is 5. The van der Waals surface area contributed by atoms with Crippen LogP contribution >= 0.6 is 0 Å².